The molecule has 0 heterocycles. The van der Waals surface area contributed by atoms with Crippen LogP contribution in [0.1, 0.15) is 61.8 Å². The molecule has 0 saturated heterocycles. The van der Waals surface area contributed by atoms with Gasteiger partial charge in [-0.3, -0.25) is 0 Å². The normalized spacial score (nSPS) is 14.1. The maximum absolute atomic E-state index is 2.50. The van der Waals surface area contributed by atoms with Gasteiger partial charge < -0.3 is 0 Å². The number of benzene rings is 11. The summed E-state index contributed by atoms with van der Waals surface area (Å²) in [4.78, 5) is 0. The summed E-state index contributed by atoms with van der Waals surface area (Å²) in [6, 6.07) is 64.9. The maximum Gasteiger partial charge on any atom is -0.00139 e. The van der Waals surface area contributed by atoms with Crippen LogP contribution in [0.5, 0.6) is 0 Å². The minimum absolute atomic E-state index is 1.00. The Morgan fingerprint density at radius 1 is 0.449 bits per heavy atom. The van der Waals surface area contributed by atoms with Crippen molar-refractivity contribution in [3.63, 3.8) is 0 Å². The van der Waals surface area contributed by atoms with Crippen molar-refractivity contribution < 1.29 is 0 Å². The Balaban J connectivity index is 1.05. The van der Waals surface area contributed by atoms with Crippen LogP contribution in [0.4, 0.5) is 0 Å². The second kappa shape index (κ2) is 16.9. The maximum atomic E-state index is 2.50. The van der Waals surface area contributed by atoms with Gasteiger partial charge in [0.05, 0.1) is 0 Å². The van der Waals surface area contributed by atoms with Gasteiger partial charge in [-0.05, 0) is 205 Å². The zero-order valence-electron chi connectivity index (χ0n) is 39.3. The molecular formula is C69H52. The zero-order chi connectivity index (χ0) is 46.0. The standard InChI is InChI=1S/C69H52/c1-3-20-44(21-4-2)62-40-46-36-38-48(42-64(46)52-26-10-8-24-50(52)62)66-54-28-12-16-32-58(54)68(59-33-17-13-29-55(59)66)69-60-34-18-14-30-56(60)67(57-31-15-19-35-61(57)69)49-39-37-47-41-63(45-22-6-5-7-23-45)51-25-9-11-27-53(51)65(47)43-49/h3,6,8-9,11-25,27-43H,4-5,7,10,26H2,1-2H3/b20-3-,44-21+. The second-order valence-electron chi connectivity index (χ2n) is 19.0. The highest BCUT2D eigenvalue weighted by Crippen LogP contribution is 2.51. The third-order valence-corrected chi connectivity index (χ3v) is 15.1. The summed E-state index contributed by atoms with van der Waals surface area (Å²) in [5.41, 5.74) is 15.8. The summed E-state index contributed by atoms with van der Waals surface area (Å²) in [7, 11) is 0. The number of fused-ring (bicyclic) bond motifs is 10. The third-order valence-electron chi connectivity index (χ3n) is 15.1. The Labute approximate surface area is 404 Å². The molecule has 69 heavy (non-hydrogen) atoms. The molecule has 0 aliphatic heterocycles. The molecule has 11 aromatic carbocycles. The fraction of sp³-hybridized carbons (Fsp3) is 0.101. The van der Waals surface area contributed by atoms with Crippen LogP contribution in [-0.4, -0.2) is 0 Å². The van der Waals surface area contributed by atoms with Crippen LogP contribution >= 0.6 is 0 Å². The molecule has 0 fully saturated rings. The van der Waals surface area contributed by atoms with Gasteiger partial charge in [-0.25, -0.2) is 0 Å². The van der Waals surface area contributed by atoms with Gasteiger partial charge >= 0.3 is 0 Å². The molecule has 328 valence electrons. The molecule has 0 amide bonds. The second-order valence-corrected chi connectivity index (χ2v) is 19.0. The van der Waals surface area contributed by atoms with E-state index in [4.69, 9.17) is 0 Å². The molecule has 0 nitrogen and oxygen atoms in total. The minimum Gasteiger partial charge on any atom is -0.0871 e. The highest BCUT2D eigenvalue weighted by atomic mass is 14.3. The van der Waals surface area contributed by atoms with Crippen molar-refractivity contribution >= 4 is 92.6 Å². The molecule has 0 radical (unpaired) electrons. The smallest absolute Gasteiger partial charge is 0.00139 e. The van der Waals surface area contributed by atoms with Crippen LogP contribution in [-0.2, 0) is 6.42 Å². The van der Waals surface area contributed by atoms with Crippen LogP contribution in [0.25, 0.3) is 126 Å². The van der Waals surface area contributed by atoms with Crippen molar-refractivity contribution in [2.24, 2.45) is 0 Å². The molecule has 0 unspecified atom stereocenters. The summed E-state index contributed by atoms with van der Waals surface area (Å²) in [6.45, 7) is 4.35. The number of rotatable bonds is 7. The first kappa shape index (κ1) is 41.2. The average molecular weight is 881 g/mol. The average Bonchev–Trinajstić information content (AvgIpc) is 3.41. The van der Waals surface area contributed by atoms with Crippen molar-refractivity contribution in [3.8, 4) is 33.4 Å². The van der Waals surface area contributed by atoms with E-state index in [-0.39, 0.29) is 0 Å². The van der Waals surface area contributed by atoms with Crippen LogP contribution < -0.4 is 0 Å². The van der Waals surface area contributed by atoms with E-state index in [1.807, 2.05) is 0 Å². The Bertz CT molecular complexity index is 3990. The van der Waals surface area contributed by atoms with Crippen molar-refractivity contribution in [3.05, 3.63) is 235 Å². The van der Waals surface area contributed by atoms with Gasteiger partial charge in [-0.1, -0.05) is 201 Å². The monoisotopic (exact) mass is 880 g/mol. The lowest BCUT2D eigenvalue weighted by Crippen LogP contribution is -2.01. The molecule has 0 atom stereocenters. The molecule has 2 aliphatic rings. The van der Waals surface area contributed by atoms with Crippen LogP contribution in [0.15, 0.2) is 212 Å². The first-order valence-electron chi connectivity index (χ1n) is 25.0. The molecule has 0 bridgehead atoms. The fourth-order valence-electron chi connectivity index (χ4n) is 12.2. The van der Waals surface area contributed by atoms with Gasteiger partial charge in [-0.15, -0.1) is 0 Å². The molecule has 0 spiro atoms. The summed E-state index contributed by atoms with van der Waals surface area (Å²) in [6.07, 6.45) is 23.9. The summed E-state index contributed by atoms with van der Waals surface area (Å²) in [5, 5.41) is 18.0. The first-order valence-corrected chi connectivity index (χ1v) is 25.0. The van der Waals surface area contributed by atoms with Crippen molar-refractivity contribution in [1.29, 1.82) is 0 Å². The SMILES string of the molecule is C/C=C\C(=C/CC)c1cc2ccc(-c3c4ccccc4c(-c4c5ccccc5c(-c5ccc6cc(C7=CCCC=C7)c7ccccc7c6c5)c5ccccc45)c4ccccc34)cc2c2c1C=CCC2. The predicted molar refractivity (Wildman–Crippen MR) is 302 cm³/mol. The van der Waals surface area contributed by atoms with E-state index in [0.717, 1.165) is 32.1 Å². The van der Waals surface area contributed by atoms with Gasteiger partial charge in [0.25, 0.3) is 0 Å². The third kappa shape index (κ3) is 6.65. The highest BCUT2D eigenvalue weighted by molar-refractivity contribution is 6.30. The van der Waals surface area contributed by atoms with Gasteiger partial charge in [0, 0.05) is 0 Å². The summed E-state index contributed by atoms with van der Waals surface area (Å²) < 4.78 is 0. The largest absolute Gasteiger partial charge is 0.0871 e. The van der Waals surface area contributed by atoms with Crippen LogP contribution in [0.2, 0.25) is 0 Å². The molecule has 2 aliphatic carbocycles. The van der Waals surface area contributed by atoms with Crippen molar-refractivity contribution in [1.82, 2.24) is 0 Å². The molecule has 0 aromatic heterocycles. The van der Waals surface area contributed by atoms with E-state index >= 15 is 0 Å². The Morgan fingerprint density at radius 2 is 0.942 bits per heavy atom. The molecular weight excluding hydrogens is 829 g/mol. The van der Waals surface area contributed by atoms with Gasteiger partial charge in [0.2, 0.25) is 0 Å². The number of hydrogen-bond acceptors (Lipinski definition) is 0. The quantitative estimate of drug-likeness (QED) is 0.0850. The Hall–Kier alpha value is -8.06. The highest BCUT2D eigenvalue weighted by Gasteiger charge is 2.24. The van der Waals surface area contributed by atoms with Crippen molar-refractivity contribution in [2.75, 3.05) is 0 Å². The number of allylic oxidation sites excluding steroid dienone is 9. The van der Waals surface area contributed by atoms with Gasteiger partial charge in [0.15, 0.2) is 0 Å². The zero-order valence-corrected chi connectivity index (χ0v) is 39.3. The molecule has 11 aromatic rings. The first-order chi connectivity index (χ1) is 34.2. The van der Waals surface area contributed by atoms with E-state index in [1.54, 1.807) is 0 Å². The topological polar surface area (TPSA) is 0 Å². The number of aryl methyl sites for hydroxylation is 1. The van der Waals surface area contributed by atoms with Crippen LogP contribution in [0, 0.1) is 0 Å². The van der Waals surface area contributed by atoms with E-state index in [9.17, 15) is 0 Å². The Morgan fingerprint density at radius 3 is 1.46 bits per heavy atom. The Kier molecular flexibility index (Phi) is 10.1. The van der Waals surface area contributed by atoms with Gasteiger partial charge in [0.1, 0.15) is 0 Å². The molecule has 0 N–H and O–H groups in total. The number of hydrogen-bond donors (Lipinski definition) is 0. The molecule has 13 rings (SSSR count). The lowest BCUT2D eigenvalue weighted by Gasteiger charge is -2.23. The molecule has 0 heteroatoms. The van der Waals surface area contributed by atoms with Gasteiger partial charge in [-0.2, -0.15) is 0 Å². The minimum atomic E-state index is 1.00. The lowest BCUT2D eigenvalue weighted by molar-refractivity contribution is 0.996. The molecule has 0 saturated carbocycles. The van der Waals surface area contributed by atoms with E-state index in [0.29, 0.717) is 0 Å². The van der Waals surface area contributed by atoms with E-state index < -0.39 is 0 Å². The van der Waals surface area contributed by atoms with E-state index in [2.05, 4.69) is 232 Å². The van der Waals surface area contributed by atoms with E-state index in [1.165, 1.54) is 142 Å². The fourth-order valence-corrected chi connectivity index (χ4v) is 12.2. The summed E-state index contributed by atoms with van der Waals surface area (Å²) >= 11 is 0. The van der Waals surface area contributed by atoms with Crippen molar-refractivity contribution in [2.45, 2.75) is 46.0 Å². The van der Waals surface area contributed by atoms with Crippen LogP contribution in [0.3, 0.4) is 0 Å². The lowest BCUT2D eigenvalue weighted by atomic mass is 9.80. The predicted octanol–water partition coefficient (Wildman–Crippen LogP) is 19.8. The summed E-state index contributed by atoms with van der Waals surface area (Å²) in [5.74, 6) is 0.